The summed E-state index contributed by atoms with van der Waals surface area (Å²) in [6.45, 7) is 0.0337. The van der Waals surface area contributed by atoms with Crippen LogP contribution in [0.5, 0.6) is 0 Å². The summed E-state index contributed by atoms with van der Waals surface area (Å²) >= 11 is 5.98. The third-order valence-electron chi connectivity index (χ3n) is 4.38. The summed E-state index contributed by atoms with van der Waals surface area (Å²) in [6.07, 6.45) is 2.53. The van der Waals surface area contributed by atoms with Crippen molar-refractivity contribution in [3.8, 4) is 17.1 Å². The van der Waals surface area contributed by atoms with Gasteiger partial charge in [-0.2, -0.15) is 10.1 Å². The average Bonchev–Trinajstić information content (AvgIpc) is 3.21. The molecule has 4 rings (SSSR count). The van der Waals surface area contributed by atoms with Crippen molar-refractivity contribution in [1.29, 1.82) is 0 Å². The molecule has 0 unspecified atom stereocenters. The lowest BCUT2D eigenvalue weighted by molar-refractivity contribution is -0.131. The zero-order valence-electron chi connectivity index (χ0n) is 13.0. The minimum Gasteiger partial charge on any atom is -0.338 e. The number of hydrogen-bond acceptors (Lipinski definition) is 5. The minimum atomic E-state index is -2.73. The van der Waals surface area contributed by atoms with Gasteiger partial charge in [-0.15, -0.1) is 0 Å². The fraction of sp³-hybridized carbons (Fsp3) is 0.312. The van der Waals surface area contributed by atoms with Crippen molar-refractivity contribution in [2.45, 2.75) is 24.2 Å². The van der Waals surface area contributed by atoms with Gasteiger partial charge in [0, 0.05) is 30.6 Å². The molecular weight excluding hydrogens is 352 g/mol. The largest absolute Gasteiger partial charge is 0.338 e. The van der Waals surface area contributed by atoms with Crippen LogP contribution >= 0.6 is 11.6 Å². The van der Waals surface area contributed by atoms with Crippen LogP contribution in [0.2, 0.25) is 5.02 Å². The Morgan fingerprint density at radius 3 is 2.80 bits per heavy atom. The topological polar surface area (TPSA) is 82.8 Å². The van der Waals surface area contributed by atoms with Crippen molar-refractivity contribution in [1.82, 2.24) is 19.9 Å². The summed E-state index contributed by atoms with van der Waals surface area (Å²) in [6, 6.07) is 7.19. The molecule has 1 aliphatic carbocycles. The Labute approximate surface area is 146 Å². The van der Waals surface area contributed by atoms with E-state index in [9.17, 15) is 8.78 Å². The molecule has 1 saturated carbocycles. The number of aromatic nitrogens is 4. The van der Waals surface area contributed by atoms with Crippen LogP contribution in [0.15, 0.2) is 41.2 Å². The molecule has 0 radical (unpaired) electrons. The second-order valence-corrected chi connectivity index (χ2v) is 6.71. The molecule has 1 aromatic carbocycles. The van der Waals surface area contributed by atoms with Gasteiger partial charge in [0.2, 0.25) is 17.6 Å². The normalized spacial score (nSPS) is 18.1. The Hall–Kier alpha value is -2.32. The molecule has 0 aliphatic heterocycles. The monoisotopic (exact) mass is 365 g/mol. The summed E-state index contributed by atoms with van der Waals surface area (Å²) in [5.41, 5.74) is 6.11. The van der Waals surface area contributed by atoms with Gasteiger partial charge < -0.3 is 10.3 Å². The Morgan fingerprint density at radius 1 is 1.32 bits per heavy atom. The summed E-state index contributed by atoms with van der Waals surface area (Å²) in [7, 11) is 0. The minimum absolute atomic E-state index is 0.0337. The number of benzene rings is 1. The first-order chi connectivity index (χ1) is 11.9. The van der Waals surface area contributed by atoms with Gasteiger partial charge in [0.05, 0.1) is 22.9 Å². The van der Waals surface area contributed by atoms with Crippen LogP contribution in [0.25, 0.3) is 17.1 Å². The van der Waals surface area contributed by atoms with E-state index in [0.717, 1.165) is 5.69 Å². The summed E-state index contributed by atoms with van der Waals surface area (Å²) < 4.78 is 33.4. The quantitative estimate of drug-likeness (QED) is 0.767. The Bertz CT molecular complexity index is 915. The van der Waals surface area contributed by atoms with Crippen LogP contribution in [0.4, 0.5) is 8.78 Å². The van der Waals surface area contributed by atoms with Gasteiger partial charge in [0.15, 0.2) is 0 Å². The maximum Gasteiger partial charge on any atom is 0.250 e. The highest BCUT2D eigenvalue weighted by atomic mass is 35.5. The van der Waals surface area contributed by atoms with Crippen LogP contribution in [0.3, 0.4) is 0 Å². The Balaban J connectivity index is 1.61. The van der Waals surface area contributed by atoms with Crippen molar-refractivity contribution >= 4 is 11.6 Å². The van der Waals surface area contributed by atoms with Gasteiger partial charge in [0.1, 0.15) is 0 Å². The highest BCUT2D eigenvalue weighted by Crippen LogP contribution is 2.52. The highest BCUT2D eigenvalue weighted by Gasteiger charge is 2.59. The fourth-order valence-electron chi connectivity index (χ4n) is 3.08. The zero-order chi connectivity index (χ0) is 17.7. The molecule has 0 bridgehead atoms. The van der Waals surface area contributed by atoms with E-state index in [1.165, 1.54) is 0 Å². The number of halogens is 3. The summed E-state index contributed by atoms with van der Waals surface area (Å²) in [5, 5.41) is 8.72. The third-order valence-corrected chi connectivity index (χ3v) is 4.61. The molecular formula is C16H14ClF2N5O. The van der Waals surface area contributed by atoms with Gasteiger partial charge in [-0.3, -0.25) is 0 Å². The molecule has 2 aromatic heterocycles. The maximum absolute atomic E-state index is 13.3. The van der Waals surface area contributed by atoms with Crippen molar-refractivity contribution in [3.63, 3.8) is 0 Å². The van der Waals surface area contributed by atoms with E-state index in [4.69, 9.17) is 21.9 Å². The zero-order valence-corrected chi connectivity index (χ0v) is 13.7. The number of alkyl halides is 2. The van der Waals surface area contributed by atoms with E-state index in [1.54, 1.807) is 29.2 Å². The van der Waals surface area contributed by atoms with E-state index < -0.39 is 11.3 Å². The third kappa shape index (κ3) is 2.81. The molecule has 2 heterocycles. The molecule has 9 heteroatoms. The van der Waals surface area contributed by atoms with Gasteiger partial charge in [-0.25, -0.2) is 13.5 Å². The van der Waals surface area contributed by atoms with Crippen LogP contribution < -0.4 is 5.73 Å². The lowest BCUT2D eigenvalue weighted by Crippen LogP contribution is -2.53. The Morgan fingerprint density at radius 2 is 2.12 bits per heavy atom. The van der Waals surface area contributed by atoms with E-state index in [0.29, 0.717) is 10.6 Å². The van der Waals surface area contributed by atoms with Crippen molar-refractivity contribution in [3.05, 3.63) is 47.6 Å². The van der Waals surface area contributed by atoms with Gasteiger partial charge >= 0.3 is 0 Å². The SMILES string of the molecule is NCC1(c2nc(-c3cnn(-c4cccc(Cl)c4)c3)no2)CC(F)(F)C1. The molecule has 1 aliphatic rings. The second-order valence-electron chi connectivity index (χ2n) is 6.27. The number of rotatable bonds is 4. The first-order valence-electron chi connectivity index (χ1n) is 7.64. The van der Waals surface area contributed by atoms with Crippen molar-refractivity contribution in [2.24, 2.45) is 5.73 Å². The average molecular weight is 366 g/mol. The van der Waals surface area contributed by atoms with Crippen LogP contribution in [0, 0.1) is 0 Å². The molecule has 6 nitrogen and oxygen atoms in total. The van der Waals surface area contributed by atoms with E-state index >= 15 is 0 Å². The predicted octanol–water partition coefficient (Wildman–Crippen LogP) is 3.20. The summed E-state index contributed by atoms with van der Waals surface area (Å²) in [4.78, 5) is 4.27. The first-order valence-corrected chi connectivity index (χ1v) is 8.02. The van der Waals surface area contributed by atoms with E-state index in [-0.39, 0.29) is 31.1 Å². The van der Waals surface area contributed by atoms with Gasteiger partial charge in [-0.1, -0.05) is 22.8 Å². The molecule has 0 atom stereocenters. The molecule has 130 valence electrons. The van der Waals surface area contributed by atoms with E-state index in [2.05, 4.69) is 15.2 Å². The van der Waals surface area contributed by atoms with Crippen LogP contribution in [0.1, 0.15) is 18.7 Å². The lowest BCUT2D eigenvalue weighted by atomic mass is 9.66. The van der Waals surface area contributed by atoms with Crippen molar-refractivity contribution < 1.29 is 13.3 Å². The van der Waals surface area contributed by atoms with Crippen LogP contribution in [-0.2, 0) is 5.41 Å². The van der Waals surface area contributed by atoms with E-state index in [1.807, 2.05) is 12.1 Å². The van der Waals surface area contributed by atoms with Gasteiger partial charge in [-0.05, 0) is 18.2 Å². The second kappa shape index (κ2) is 5.60. The first kappa shape index (κ1) is 16.2. The smallest absolute Gasteiger partial charge is 0.250 e. The number of nitrogens with two attached hydrogens (primary N) is 1. The fourth-order valence-corrected chi connectivity index (χ4v) is 3.26. The number of nitrogens with zero attached hydrogens (tertiary/aromatic N) is 4. The molecule has 0 spiro atoms. The molecule has 0 amide bonds. The number of hydrogen-bond donors (Lipinski definition) is 1. The maximum atomic E-state index is 13.3. The lowest BCUT2D eigenvalue weighted by Gasteiger charge is -2.43. The molecule has 25 heavy (non-hydrogen) atoms. The molecule has 1 fully saturated rings. The summed E-state index contributed by atoms with van der Waals surface area (Å²) in [5.74, 6) is -2.30. The molecule has 3 aromatic rings. The van der Waals surface area contributed by atoms with Crippen molar-refractivity contribution in [2.75, 3.05) is 6.54 Å². The van der Waals surface area contributed by atoms with Crippen LogP contribution in [-0.4, -0.2) is 32.4 Å². The Kier molecular flexibility index (Phi) is 3.62. The van der Waals surface area contributed by atoms with Gasteiger partial charge in [0.25, 0.3) is 0 Å². The highest BCUT2D eigenvalue weighted by molar-refractivity contribution is 6.30. The molecule has 2 N–H and O–H groups in total. The standard InChI is InChI=1S/C16H14ClF2N5O/c17-11-2-1-3-12(4-11)24-6-10(5-21-24)13-22-14(25-23-13)15(9-20)7-16(18,19)8-15/h1-6H,7-9,20H2. The molecule has 0 saturated heterocycles. The predicted molar refractivity (Wildman–Crippen MR) is 86.8 cm³/mol.